The summed E-state index contributed by atoms with van der Waals surface area (Å²) in [5.41, 5.74) is 6.01. The number of aromatic nitrogens is 1. The lowest BCUT2D eigenvalue weighted by Crippen LogP contribution is -2.57. The van der Waals surface area contributed by atoms with E-state index in [-0.39, 0.29) is 17.7 Å². The van der Waals surface area contributed by atoms with E-state index in [4.69, 9.17) is 14.5 Å². The van der Waals surface area contributed by atoms with Gasteiger partial charge in [-0.25, -0.2) is 14.6 Å². The molecular formula is C38H43N5O5. The monoisotopic (exact) mass is 649 g/mol. The highest BCUT2D eigenvalue weighted by atomic mass is 16.6. The van der Waals surface area contributed by atoms with Crippen LogP contribution in [0.5, 0.6) is 0 Å². The lowest BCUT2D eigenvalue weighted by Gasteiger charge is -2.41. The van der Waals surface area contributed by atoms with Crippen LogP contribution in [0.15, 0.2) is 84.9 Å². The van der Waals surface area contributed by atoms with Gasteiger partial charge in [0.2, 0.25) is 0 Å². The number of ether oxygens (including phenoxy) is 2. The minimum absolute atomic E-state index is 0.0198. The van der Waals surface area contributed by atoms with Crippen molar-refractivity contribution in [2.45, 2.75) is 70.1 Å². The maximum atomic E-state index is 14.5. The summed E-state index contributed by atoms with van der Waals surface area (Å²) in [6.07, 6.45) is 3.09. The van der Waals surface area contributed by atoms with Crippen LogP contribution in [0.25, 0.3) is 22.2 Å². The minimum atomic E-state index is -0.719. The molecule has 0 bridgehead atoms. The first kappa shape index (κ1) is 33.0. The third kappa shape index (κ3) is 7.13. The molecule has 0 saturated carbocycles. The van der Waals surface area contributed by atoms with Crippen molar-refractivity contribution in [2.75, 3.05) is 25.2 Å². The predicted molar refractivity (Wildman–Crippen MR) is 186 cm³/mol. The number of benzene rings is 3. The number of hydrazine groups is 1. The lowest BCUT2D eigenvalue weighted by molar-refractivity contribution is 0.0120. The van der Waals surface area contributed by atoms with E-state index < -0.39 is 17.6 Å². The Morgan fingerprint density at radius 3 is 2.38 bits per heavy atom. The van der Waals surface area contributed by atoms with Crippen LogP contribution in [0.4, 0.5) is 15.3 Å². The first-order chi connectivity index (χ1) is 23.1. The molecule has 10 heteroatoms. The Morgan fingerprint density at radius 1 is 0.979 bits per heavy atom. The van der Waals surface area contributed by atoms with Crippen LogP contribution in [-0.2, 0) is 15.9 Å². The molecule has 2 unspecified atom stereocenters. The molecule has 2 atom stereocenters. The molecule has 1 aromatic heterocycles. The zero-order valence-electron chi connectivity index (χ0n) is 28.0. The highest BCUT2D eigenvalue weighted by molar-refractivity contribution is 6.10. The molecule has 4 aromatic rings. The number of pyridine rings is 1. The second kappa shape index (κ2) is 13.6. The molecule has 48 heavy (non-hydrogen) atoms. The normalized spacial score (nSPS) is 19.2. The van der Waals surface area contributed by atoms with E-state index in [1.807, 2.05) is 86.3 Å². The summed E-state index contributed by atoms with van der Waals surface area (Å²) >= 11 is 0. The van der Waals surface area contributed by atoms with Crippen molar-refractivity contribution in [3.05, 3.63) is 96.1 Å². The molecule has 0 radical (unpaired) electrons. The SMILES string of the molecule is COC(=O)N(NC(=O)c1c(CC2CCC3(CCCN(C(=O)OC(C)(C)C)C3)N2)c(-c2ccccc2)nc2ccccc12)c1ccccc1. The summed E-state index contributed by atoms with van der Waals surface area (Å²) in [5, 5.41) is 5.70. The zero-order valence-corrected chi connectivity index (χ0v) is 28.0. The van der Waals surface area contributed by atoms with E-state index in [1.54, 1.807) is 24.3 Å². The van der Waals surface area contributed by atoms with Crippen LogP contribution < -0.4 is 15.8 Å². The summed E-state index contributed by atoms with van der Waals surface area (Å²) in [6.45, 7) is 6.88. The summed E-state index contributed by atoms with van der Waals surface area (Å²) < 4.78 is 10.8. The van der Waals surface area contributed by atoms with Crippen molar-refractivity contribution in [1.82, 2.24) is 20.6 Å². The number of likely N-dealkylation sites (tertiary alicyclic amines) is 1. The summed E-state index contributed by atoms with van der Waals surface area (Å²) in [5.74, 6) is -0.448. The number of fused-ring (bicyclic) bond motifs is 1. The van der Waals surface area contributed by atoms with Gasteiger partial charge in [-0.2, -0.15) is 5.01 Å². The average Bonchev–Trinajstić information content (AvgIpc) is 3.47. The molecule has 3 amide bonds. The van der Waals surface area contributed by atoms with Gasteiger partial charge in [0, 0.05) is 35.6 Å². The molecule has 250 valence electrons. The van der Waals surface area contributed by atoms with E-state index in [1.165, 1.54) is 7.11 Å². The highest BCUT2D eigenvalue weighted by Crippen LogP contribution is 2.37. The number of anilines is 1. The molecular weight excluding hydrogens is 606 g/mol. The molecule has 0 aliphatic carbocycles. The van der Waals surface area contributed by atoms with Crippen molar-refractivity contribution >= 4 is 34.7 Å². The number of carbonyl (C=O) groups excluding carboxylic acids is 3. The second-order valence-corrected chi connectivity index (χ2v) is 13.6. The highest BCUT2D eigenvalue weighted by Gasteiger charge is 2.44. The van der Waals surface area contributed by atoms with E-state index in [0.29, 0.717) is 47.4 Å². The Morgan fingerprint density at radius 2 is 1.67 bits per heavy atom. The third-order valence-corrected chi connectivity index (χ3v) is 9.01. The van der Waals surface area contributed by atoms with E-state index in [9.17, 15) is 14.4 Å². The fourth-order valence-electron chi connectivity index (χ4n) is 6.95. The quantitative estimate of drug-likeness (QED) is 0.227. The molecule has 3 heterocycles. The second-order valence-electron chi connectivity index (χ2n) is 13.6. The number of hydrogen-bond donors (Lipinski definition) is 2. The topological polar surface area (TPSA) is 113 Å². The standard InChI is InChI=1S/C38H43N5O5/c1-37(2,3)48-35(45)42-23-13-21-38(25-42)22-20-27(40-38)24-30-32(34(44)41-43(36(46)47-4)28-16-9-6-10-17-28)29-18-11-12-19-31(29)39-33(30)26-14-7-5-8-15-26/h5-12,14-19,27,40H,13,20-25H2,1-4H3,(H,41,44). The van der Waals surface area contributed by atoms with Crippen LogP contribution in [-0.4, -0.2) is 65.4 Å². The molecule has 2 N–H and O–H groups in total. The fraction of sp³-hybridized carbons (Fsp3) is 0.368. The zero-order chi connectivity index (χ0) is 33.9. The van der Waals surface area contributed by atoms with Crippen LogP contribution in [0.1, 0.15) is 62.4 Å². The van der Waals surface area contributed by atoms with Gasteiger partial charge in [0.25, 0.3) is 5.91 Å². The van der Waals surface area contributed by atoms with Gasteiger partial charge in [-0.05, 0) is 76.6 Å². The van der Waals surface area contributed by atoms with E-state index in [2.05, 4.69) is 10.7 Å². The van der Waals surface area contributed by atoms with Gasteiger partial charge in [0.15, 0.2) is 0 Å². The minimum Gasteiger partial charge on any atom is -0.451 e. The van der Waals surface area contributed by atoms with Gasteiger partial charge in [0.1, 0.15) is 5.60 Å². The van der Waals surface area contributed by atoms with Gasteiger partial charge >= 0.3 is 12.2 Å². The Hall–Kier alpha value is -4.96. The Balaban J connectivity index is 1.38. The van der Waals surface area contributed by atoms with Crippen LogP contribution in [0.2, 0.25) is 0 Å². The predicted octanol–water partition coefficient (Wildman–Crippen LogP) is 6.88. The Kier molecular flexibility index (Phi) is 9.37. The smallest absolute Gasteiger partial charge is 0.433 e. The molecule has 6 rings (SSSR count). The van der Waals surface area contributed by atoms with Gasteiger partial charge < -0.3 is 19.7 Å². The van der Waals surface area contributed by atoms with Crippen LogP contribution in [0.3, 0.4) is 0 Å². The number of nitrogens with one attached hydrogen (secondary N) is 2. The van der Waals surface area contributed by atoms with Gasteiger partial charge in [-0.3, -0.25) is 10.2 Å². The molecule has 10 nitrogen and oxygen atoms in total. The third-order valence-electron chi connectivity index (χ3n) is 9.01. The number of methoxy groups -OCH3 is 1. The largest absolute Gasteiger partial charge is 0.451 e. The molecule has 1 spiro atoms. The first-order valence-corrected chi connectivity index (χ1v) is 16.5. The maximum Gasteiger partial charge on any atom is 0.433 e. The maximum absolute atomic E-state index is 14.5. The molecule has 2 saturated heterocycles. The van der Waals surface area contributed by atoms with Crippen molar-refractivity contribution < 1.29 is 23.9 Å². The van der Waals surface area contributed by atoms with Crippen molar-refractivity contribution in [2.24, 2.45) is 0 Å². The number of para-hydroxylation sites is 2. The number of rotatable bonds is 5. The summed E-state index contributed by atoms with van der Waals surface area (Å²) in [4.78, 5) is 47.4. The number of amides is 3. The summed E-state index contributed by atoms with van der Waals surface area (Å²) in [6, 6.07) is 26.3. The lowest BCUT2D eigenvalue weighted by atomic mass is 9.88. The van der Waals surface area contributed by atoms with Crippen molar-refractivity contribution in [3.8, 4) is 11.3 Å². The molecule has 2 aliphatic heterocycles. The number of hydrogen-bond acceptors (Lipinski definition) is 7. The van der Waals surface area contributed by atoms with Gasteiger partial charge in [0.05, 0.1) is 29.6 Å². The molecule has 2 aliphatic rings. The molecule has 2 fully saturated rings. The Bertz CT molecular complexity index is 1790. The van der Waals surface area contributed by atoms with E-state index in [0.717, 1.165) is 41.8 Å². The van der Waals surface area contributed by atoms with Crippen molar-refractivity contribution in [1.29, 1.82) is 0 Å². The van der Waals surface area contributed by atoms with Crippen LogP contribution in [0, 0.1) is 0 Å². The van der Waals surface area contributed by atoms with Gasteiger partial charge in [-0.15, -0.1) is 0 Å². The fourth-order valence-corrected chi connectivity index (χ4v) is 6.95. The summed E-state index contributed by atoms with van der Waals surface area (Å²) in [7, 11) is 1.28. The first-order valence-electron chi connectivity index (χ1n) is 16.5. The number of piperidine rings is 1. The van der Waals surface area contributed by atoms with E-state index >= 15 is 0 Å². The number of nitrogens with zero attached hydrogens (tertiary/aromatic N) is 3. The molecule has 3 aromatic carbocycles. The number of carbonyl (C=O) groups is 3. The van der Waals surface area contributed by atoms with Gasteiger partial charge in [-0.1, -0.05) is 66.7 Å². The van der Waals surface area contributed by atoms with Crippen molar-refractivity contribution in [3.63, 3.8) is 0 Å². The van der Waals surface area contributed by atoms with Crippen LogP contribution >= 0.6 is 0 Å². The Labute approximate surface area is 281 Å². The average molecular weight is 650 g/mol.